The molecule has 0 atom stereocenters. The number of phenolic OH excluding ortho intramolecular Hbond substituents is 2. The van der Waals surface area contributed by atoms with Crippen molar-refractivity contribution >= 4 is 17.5 Å². The van der Waals surface area contributed by atoms with E-state index in [9.17, 15) is 24.6 Å². The topological polar surface area (TPSA) is 121 Å². The number of hydrogen-bond donors (Lipinski definition) is 3. The molecule has 0 radical (unpaired) electrons. The molecule has 0 saturated carbocycles. The largest absolute Gasteiger partial charge is 0.508 e. The summed E-state index contributed by atoms with van der Waals surface area (Å²) in [6.07, 6.45) is 0. The molecule has 0 aliphatic heterocycles. The standard InChI is InChI=1S/C16H10O7/c1-23-11-3-6(16(21)22)2-8-13(11)15(20)12-9(14(8)19)4-7(17)5-10(12)18/h2-5,17-18H,1H3,(H,21,22). The number of carboxylic acids is 1. The fourth-order valence-electron chi connectivity index (χ4n) is 2.61. The molecule has 1 aliphatic rings. The molecule has 0 saturated heterocycles. The molecule has 0 aromatic heterocycles. The van der Waals surface area contributed by atoms with Gasteiger partial charge in [0.05, 0.1) is 23.8 Å². The van der Waals surface area contributed by atoms with E-state index in [1.807, 2.05) is 0 Å². The highest BCUT2D eigenvalue weighted by atomic mass is 16.5. The number of ether oxygens (including phenoxy) is 1. The lowest BCUT2D eigenvalue weighted by Crippen LogP contribution is -2.22. The molecule has 0 heterocycles. The zero-order valence-corrected chi connectivity index (χ0v) is 11.8. The van der Waals surface area contributed by atoms with Gasteiger partial charge in [0.15, 0.2) is 5.78 Å². The Bertz CT molecular complexity index is 896. The predicted octanol–water partition coefficient (Wildman–Crippen LogP) is 1.58. The second kappa shape index (κ2) is 4.84. The van der Waals surface area contributed by atoms with Gasteiger partial charge in [-0.1, -0.05) is 0 Å². The van der Waals surface area contributed by atoms with Crippen LogP contribution in [-0.2, 0) is 0 Å². The Balaban J connectivity index is 2.37. The molecule has 3 rings (SSSR count). The monoisotopic (exact) mass is 314 g/mol. The van der Waals surface area contributed by atoms with E-state index in [2.05, 4.69) is 0 Å². The van der Waals surface area contributed by atoms with E-state index in [-0.39, 0.29) is 39.3 Å². The minimum Gasteiger partial charge on any atom is -0.508 e. The van der Waals surface area contributed by atoms with Crippen molar-refractivity contribution in [3.63, 3.8) is 0 Å². The van der Waals surface area contributed by atoms with Gasteiger partial charge < -0.3 is 20.1 Å². The fraction of sp³-hybridized carbons (Fsp3) is 0.0625. The number of phenols is 2. The average Bonchev–Trinajstić information content (AvgIpc) is 2.50. The molecule has 2 aromatic carbocycles. The van der Waals surface area contributed by atoms with E-state index in [4.69, 9.17) is 9.84 Å². The van der Waals surface area contributed by atoms with Gasteiger partial charge >= 0.3 is 5.97 Å². The molecular formula is C16H10O7. The number of aromatic carboxylic acids is 1. The SMILES string of the molecule is COc1cc(C(=O)O)cc2c1C(=O)c1c(O)cc(O)cc1C2=O. The van der Waals surface area contributed by atoms with Crippen molar-refractivity contribution in [2.75, 3.05) is 7.11 Å². The van der Waals surface area contributed by atoms with Gasteiger partial charge in [-0.2, -0.15) is 0 Å². The third kappa shape index (κ3) is 2.02. The fourth-order valence-corrected chi connectivity index (χ4v) is 2.61. The maximum atomic E-state index is 12.6. The summed E-state index contributed by atoms with van der Waals surface area (Å²) in [5.41, 5.74) is -0.916. The van der Waals surface area contributed by atoms with Crippen molar-refractivity contribution in [1.82, 2.24) is 0 Å². The van der Waals surface area contributed by atoms with Gasteiger partial charge in [-0.25, -0.2) is 4.79 Å². The molecule has 23 heavy (non-hydrogen) atoms. The Morgan fingerprint density at radius 2 is 1.61 bits per heavy atom. The number of benzene rings is 2. The summed E-state index contributed by atoms with van der Waals surface area (Å²) in [5, 5.41) is 28.5. The van der Waals surface area contributed by atoms with Crippen LogP contribution in [0.2, 0.25) is 0 Å². The van der Waals surface area contributed by atoms with E-state index in [1.165, 1.54) is 7.11 Å². The zero-order valence-electron chi connectivity index (χ0n) is 11.8. The van der Waals surface area contributed by atoms with Gasteiger partial charge in [0.2, 0.25) is 5.78 Å². The van der Waals surface area contributed by atoms with Crippen LogP contribution in [0.1, 0.15) is 42.2 Å². The summed E-state index contributed by atoms with van der Waals surface area (Å²) in [5.74, 6) is -3.63. The summed E-state index contributed by atoms with van der Waals surface area (Å²) in [7, 11) is 1.24. The van der Waals surface area contributed by atoms with E-state index >= 15 is 0 Å². The van der Waals surface area contributed by atoms with Gasteiger partial charge in [0.25, 0.3) is 0 Å². The number of methoxy groups -OCH3 is 1. The molecule has 2 aromatic rings. The van der Waals surface area contributed by atoms with Crippen molar-refractivity contribution in [3.05, 3.63) is 52.1 Å². The van der Waals surface area contributed by atoms with Gasteiger partial charge in [0, 0.05) is 17.2 Å². The van der Waals surface area contributed by atoms with Crippen LogP contribution < -0.4 is 4.74 Å². The van der Waals surface area contributed by atoms with Gasteiger partial charge in [0.1, 0.15) is 17.2 Å². The molecule has 0 amide bonds. The number of fused-ring (bicyclic) bond motifs is 2. The van der Waals surface area contributed by atoms with E-state index < -0.39 is 23.3 Å². The number of carbonyl (C=O) groups is 3. The minimum atomic E-state index is -1.28. The molecule has 7 nitrogen and oxygen atoms in total. The molecule has 0 fully saturated rings. The van der Waals surface area contributed by atoms with Crippen molar-refractivity contribution in [2.24, 2.45) is 0 Å². The van der Waals surface area contributed by atoms with Crippen LogP contribution in [-0.4, -0.2) is 40.0 Å². The first-order chi connectivity index (χ1) is 10.8. The van der Waals surface area contributed by atoms with Crippen LogP contribution in [0.5, 0.6) is 17.2 Å². The number of carbonyl (C=O) groups excluding carboxylic acids is 2. The molecule has 0 bridgehead atoms. The van der Waals surface area contributed by atoms with Gasteiger partial charge in [-0.3, -0.25) is 9.59 Å². The first-order valence-electron chi connectivity index (χ1n) is 6.45. The summed E-state index contributed by atoms with van der Waals surface area (Å²) in [6, 6.07) is 4.21. The Morgan fingerprint density at radius 3 is 2.22 bits per heavy atom. The number of carboxylic acid groups (broad SMARTS) is 1. The van der Waals surface area contributed by atoms with Crippen LogP contribution in [0.4, 0.5) is 0 Å². The lowest BCUT2D eigenvalue weighted by atomic mass is 9.82. The maximum Gasteiger partial charge on any atom is 0.335 e. The zero-order chi connectivity index (χ0) is 16.9. The Labute approximate surface area is 129 Å². The second-order valence-corrected chi connectivity index (χ2v) is 4.95. The highest BCUT2D eigenvalue weighted by molar-refractivity contribution is 6.30. The van der Waals surface area contributed by atoms with Crippen LogP contribution in [0.15, 0.2) is 24.3 Å². The summed E-state index contributed by atoms with van der Waals surface area (Å²) in [4.78, 5) is 36.4. The Morgan fingerprint density at radius 1 is 0.957 bits per heavy atom. The number of aromatic hydroxyl groups is 2. The molecule has 1 aliphatic carbocycles. The average molecular weight is 314 g/mol. The van der Waals surface area contributed by atoms with E-state index in [0.717, 1.165) is 24.3 Å². The second-order valence-electron chi connectivity index (χ2n) is 4.95. The van der Waals surface area contributed by atoms with Crippen LogP contribution >= 0.6 is 0 Å². The summed E-state index contributed by atoms with van der Waals surface area (Å²) >= 11 is 0. The highest BCUT2D eigenvalue weighted by Crippen LogP contribution is 2.39. The Hall–Kier alpha value is -3.35. The summed E-state index contributed by atoms with van der Waals surface area (Å²) < 4.78 is 5.03. The Kier molecular flexibility index (Phi) is 3.07. The maximum absolute atomic E-state index is 12.6. The third-order valence-corrected chi connectivity index (χ3v) is 3.61. The smallest absolute Gasteiger partial charge is 0.335 e. The van der Waals surface area contributed by atoms with Gasteiger partial charge in [-0.15, -0.1) is 0 Å². The van der Waals surface area contributed by atoms with E-state index in [0.29, 0.717) is 0 Å². The summed E-state index contributed by atoms with van der Waals surface area (Å²) in [6.45, 7) is 0. The molecule has 116 valence electrons. The molecule has 3 N–H and O–H groups in total. The highest BCUT2D eigenvalue weighted by Gasteiger charge is 2.36. The first-order valence-corrected chi connectivity index (χ1v) is 6.45. The number of ketones is 2. The van der Waals surface area contributed by atoms with Crippen LogP contribution in [0, 0.1) is 0 Å². The minimum absolute atomic E-state index is 0.0728. The third-order valence-electron chi connectivity index (χ3n) is 3.61. The van der Waals surface area contributed by atoms with Crippen molar-refractivity contribution in [1.29, 1.82) is 0 Å². The van der Waals surface area contributed by atoms with Crippen molar-refractivity contribution in [3.8, 4) is 17.2 Å². The quantitative estimate of drug-likeness (QED) is 0.656. The first kappa shape index (κ1) is 14.6. The predicted molar refractivity (Wildman–Crippen MR) is 76.6 cm³/mol. The van der Waals surface area contributed by atoms with Gasteiger partial charge in [-0.05, 0) is 18.2 Å². The normalized spacial score (nSPS) is 12.6. The van der Waals surface area contributed by atoms with Crippen molar-refractivity contribution < 1.29 is 34.4 Å². The molecule has 7 heteroatoms. The number of hydrogen-bond acceptors (Lipinski definition) is 6. The molecule has 0 spiro atoms. The lowest BCUT2D eigenvalue weighted by Gasteiger charge is -2.21. The lowest BCUT2D eigenvalue weighted by molar-refractivity contribution is 0.0696. The van der Waals surface area contributed by atoms with Crippen molar-refractivity contribution in [2.45, 2.75) is 0 Å². The molecular weight excluding hydrogens is 304 g/mol. The number of rotatable bonds is 2. The van der Waals surface area contributed by atoms with Crippen LogP contribution in [0.25, 0.3) is 0 Å². The van der Waals surface area contributed by atoms with Crippen LogP contribution in [0.3, 0.4) is 0 Å². The van der Waals surface area contributed by atoms with E-state index in [1.54, 1.807) is 0 Å². The molecule has 0 unspecified atom stereocenters.